The molecule has 0 aromatic rings. The van der Waals surface area contributed by atoms with Crippen molar-refractivity contribution in [3.63, 3.8) is 0 Å². The van der Waals surface area contributed by atoms with Crippen LogP contribution in [-0.4, -0.2) is 23.8 Å². The Morgan fingerprint density at radius 1 is 1.21 bits per heavy atom. The van der Waals surface area contributed by atoms with Gasteiger partial charge in [0.15, 0.2) is 0 Å². The zero-order valence-corrected chi connectivity index (χ0v) is 9.29. The fraction of sp³-hybridized carbons (Fsp3) is 0.909. The molecule has 0 amide bonds. The van der Waals surface area contributed by atoms with Crippen LogP contribution in [0.25, 0.3) is 0 Å². The van der Waals surface area contributed by atoms with E-state index in [1.54, 1.807) is 0 Å². The van der Waals surface area contributed by atoms with Crippen LogP contribution in [0.15, 0.2) is 0 Å². The molecule has 3 heteroatoms. The summed E-state index contributed by atoms with van der Waals surface area (Å²) < 4.78 is 4.81. The normalized spacial score (nSPS) is 12.5. The predicted molar refractivity (Wildman–Crippen MR) is 56.0 cm³/mol. The molecule has 0 heterocycles. The van der Waals surface area contributed by atoms with E-state index in [1.165, 1.54) is 6.92 Å². The molecule has 0 saturated heterocycles. The molecule has 0 aliphatic heterocycles. The Labute approximate surface area is 86.5 Å². The molecule has 0 fully saturated rings. The molecule has 0 bridgehead atoms. The average molecular weight is 202 g/mol. The number of ether oxygens (including phenoxy) is 1. The SMILES string of the molecule is CC(=O)OCCCCCCCC(C)O. The van der Waals surface area contributed by atoms with Crippen LogP contribution in [0, 0.1) is 0 Å². The van der Waals surface area contributed by atoms with Gasteiger partial charge < -0.3 is 9.84 Å². The Balaban J connectivity index is 2.96. The van der Waals surface area contributed by atoms with E-state index >= 15 is 0 Å². The third-order valence-corrected chi connectivity index (χ3v) is 2.07. The average Bonchev–Trinajstić information content (AvgIpc) is 2.08. The van der Waals surface area contributed by atoms with Gasteiger partial charge in [0.1, 0.15) is 0 Å². The lowest BCUT2D eigenvalue weighted by Gasteiger charge is -2.04. The van der Waals surface area contributed by atoms with Crippen molar-refractivity contribution in [2.45, 2.75) is 58.5 Å². The number of aliphatic hydroxyl groups is 1. The van der Waals surface area contributed by atoms with E-state index in [1.807, 2.05) is 6.92 Å². The molecule has 0 saturated carbocycles. The lowest BCUT2D eigenvalue weighted by molar-refractivity contribution is -0.141. The summed E-state index contributed by atoms with van der Waals surface area (Å²) in [6.07, 6.45) is 6.19. The summed E-state index contributed by atoms with van der Waals surface area (Å²) in [5, 5.41) is 9.00. The van der Waals surface area contributed by atoms with Gasteiger partial charge in [-0.25, -0.2) is 0 Å². The van der Waals surface area contributed by atoms with Crippen molar-refractivity contribution >= 4 is 5.97 Å². The van der Waals surface area contributed by atoms with Crippen LogP contribution in [0.3, 0.4) is 0 Å². The Kier molecular flexibility index (Phi) is 8.64. The highest BCUT2D eigenvalue weighted by Gasteiger charge is 1.96. The molecule has 14 heavy (non-hydrogen) atoms. The van der Waals surface area contributed by atoms with Gasteiger partial charge in [-0.3, -0.25) is 4.79 Å². The van der Waals surface area contributed by atoms with Crippen molar-refractivity contribution in [1.29, 1.82) is 0 Å². The second-order valence-corrected chi connectivity index (χ2v) is 3.75. The minimum Gasteiger partial charge on any atom is -0.466 e. The largest absolute Gasteiger partial charge is 0.466 e. The van der Waals surface area contributed by atoms with Crippen LogP contribution in [-0.2, 0) is 9.53 Å². The molecule has 3 nitrogen and oxygen atoms in total. The van der Waals surface area contributed by atoms with E-state index in [9.17, 15) is 4.79 Å². The standard InChI is InChI=1S/C11H22O3/c1-10(12)8-6-4-3-5-7-9-14-11(2)13/h10,12H,3-9H2,1-2H3. The number of carbonyl (C=O) groups is 1. The molecule has 0 rings (SSSR count). The van der Waals surface area contributed by atoms with Crippen molar-refractivity contribution in [1.82, 2.24) is 0 Å². The molecule has 0 aliphatic carbocycles. The zero-order chi connectivity index (χ0) is 10.8. The van der Waals surface area contributed by atoms with E-state index < -0.39 is 0 Å². The van der Waals surface area contributed by atoms with E-state index in [-0.39, 0.29) is 12.1 Å². The van der Waals surface area contributed by atoms with Crippen molar-refractivity contribution in [3.8, 4) is 0 Å². The lowest BCUT2D eigenvalue weighted by Crippen LogP contribution is -2.00. The first-order valence-electron chi connectivity index (χ1n) is 5.44. The van der Waals surface area contributed by atoms with Crippen LogP contribution in [0.1, 0.15) is 52.4 Å². The van der Waals surface area contributed by atoms with Crippen molar-refractivity contribution in [2.75, 3.05) is 6.61 Å². The van der Waals surface area contributed by atoms with Crippen molar-refractivity contribution in [3.05, 3.63) is 0 Å². The van der Waals surface area contributed by atoms with Gasteiger partial charge in [-0.2, -0.15) is 0 Å². The van der Waals surface area contributed by atoms with Crippen molar-refractivity contribution < 1.29 is 14.6 Å². The summed E-state index contributed by atoms with van der Waals surface area (Å²) in [5.74, 6) is -0.195. The van der Waals surface area contributed by atoms with Gasteiger partial charge in [0.25, 0.3) is 0 Å². The third kappa shape index (κ3) is 11.4. The maximum absolute atomic E-state index is 10.4. The van der Waals surface area contributed by atoms with E-state index in [2.05, 4.69) is 0 Å². The summed E-state index contributed by atoms with van der Waals surface area (Å²) in [6, 6.07) is 0. The van der Waals surface area contributed by atoms with E-state index in [0.29, 0.717) is 6.61 Å². The van der Waals surface area contributed by atoms with E-state index in [4.69, 9.17) is 9.84 Å². The Morgan fingerprint density at radius 3 is 2.36 bits per heavy atom. The molecule has 1 unspecified atom stereocenters. The molecule has 84 valence electrons. The molecular formula is C11H22O3. The fourth-order valence-corrected chi connectivity index (χ4v) is 1.29. The topological polar surface area (TPSA) is 46.5 Å². The van der Waals surface area contributed by atoms with Gasteiger partial charge in [0, 0.05) is 6.92 Å². The zero-order valence-electron chi connectivity index (χ0n) is 9.29. The fourth-order valence-electron chi connectivity index (χ4n) is 1.29. The minimum absolute atomic E-state index is 0.170. The Bertz CT molecular complexity index is 143. The van der Waals surface area contributed by atoms with Crippen LogP contribution in [0.5, 0.6) is 0 Å². The lowest BCUT2D eigenvalue weighted by atomic mass is 10.1. The number of hydrogen-bond donors (Lipinski definition) is 1. The van der Waals surface area contributed by atoms with E-state index in [0.717, 1.165) is 38.5 Å². The molecular weight excluding hydrogens is 180 g/mol. The quantitative estimate of drug-likeness (QED) is 0.485. The number of hydrogen-bond acceptors (Lipinski definition) is 3. The number of carbonyl (C=O) groups excluding carboxylic acids is 1. The second kappa shape index (κ2) is 9.00. The smallest absolute Gasteiger partial charge is 0.302 e. The summed E-state index contributed by atoms with van der Waals surface area (Å²) in [4.78, 5) is 10.4. The number of esters is 1. The number of aliphatic hydroxyl groups excluding tert-OH is 1. The van der Waals surface area contributed by atoms with Gasteiger partial charge in [-0.1, -0.05) is 25.7 Å². The van der Waals surface area contributed by atoms with Gasteiger partial charge in [-0.05, 0) is 19.8 Å². The Morgan fingerprint density at radius 2 is 1.79 bits per heavy atom. The van der Waals surface area contributed by atoms with Crippen molar-refractivity contribution in [2.24, 2.45) is 0 Å². The summed E-state index contributed by atoms with van der Waals surface area (Å²) in [5.41, 5.74) is 0. The molecule has 0 aromatic carbocycles. The maximum atomic E-state index is 10.4. The maximum Gasteiger partial charge on any atom is 0.302 e. The molecule has 0 aliphatic rings. The predicted octanol–water partition coefficient (Wildman–Crippen LogP) is 2.27. The van der Waals surface area contributed by atoms with Crippen LogP contribution in [0.4, 0.5) is 0 Å². The number of unbranched alkanes of at least 4 members (excludes halogenated alkanes) is 4. The number of rotatable bonds is 8. The summed E-state index contributed by atoms with van der Waals surface area (Å²) in [6.45, 7) is 3.80. The van der Waals surface area contributed by atoms with Crippen LogP contribution in [0.2, 0.25) is 0 Å². The highest BCUT2D eigenvalue weighted by molar-refractivity contribution is 5.65. The molecule has 0 spiro atoms. The van der Waals surface area contributed by atoms with Gasteiger partial charge in [0.05, 0.1) is 12.7 Å². The van der Waals surface area contributed by atoms with Gasteiger partial charge >= 0.3 is 5.97 Å². The third-order valence-electron chi connectivity index (χ3n) is 2.07. The highest BCUT2D eigenvalue weighted by Crippen LogP contribution is 2.07. The van der Waals surface area contributed by atoms with Crippen LogP contribution < -0.4 is 0 Å². The minimum atomic E-state index is -0.195. The second-order valence-electron chi connectivity index (χ2n) is 3.75. The molecule has 1 atom stereocenters. The first-order chi connectivity index (χ1) is 6.63. The molecule has 0 radical (unpaired) electrons. The van der Waals surface area contributed by atoms with Gasteiger partial charge in [0.2, 0.25) is 0 Å². The van der Waals surface area contributed by atoms with Crippen LogP contribution >= 0.6 is 0 Å². The first-order valence-corrected chi connectivity index (χ1v) is 5.44. The molecule has 1 N–H and O–H groups in total. The summed E-state index contributed by atoms with van der Waals surface area (Å²) >= 11 is 0. The summed E-state index contributed by atoms with van der Waals surface area (Å²) in [7, 11) is 0. The Hall–Kier alpha value is -0.570. The monoisotopic (exact) mass is 202 g/mol. The van der Waals surface area contributed by atoms with Gasteiger partial charge in [-0.15, -0.1) is 0 Å². The molecule has 0 aromatic heterocycles. The first kappa shape index (κ1) is 13.4. The highest BCUT2D eigenvalue weighted by atomic mass is 16.5.